The van der Waals surface area contributed by atoms with E-state index in [2.05, 4.69) is 12.2 Å². The molecule has 0 bridgehead atoms. The van der Waals surface area contributed by atoms with Crippen LogP contribution in [-0.4, -0.2) is 43.0 Å². The molecule has 0 aromatic rings. The van der Waals surface area contributed by atoms with E-state index in [1.807, 2.05) is 0 Å². The summed E-state index contributed by atoms with van der Waals surface area (Å²) in [6, 6.07) is 0. The van der Waals surface area contributed by atoms with Crippen LogP contribution >= 0.6 is 12.2 Å². The maximum absolute atomic E-state index is 8.50. The van der Waals surface area contributed by atoms with Crippen molar-refractivity contribution in [1.82, 2.24) is 0 Å². The number of rotatable bonds is 0. The van der Waals surface area contributed by atoms with Gasteiger partial charge in [-0.2, -0.15) is 0 Å². The number of hydrogen-bond donors (Lipinski definition) is 0. The summed E-state index contributed by atoms with van der Waals surface area (Å²) in [7, 11) is 0. The second kappa shape index (κ2) is 8.96. The fourth-order valence-corrected chi connectivity index (χ4v) is 0. The van der Waals surface area contributed by atoms with Crippen molar-refractivity contribution in [2.24, 2.45) is 0 Å². The van der Waals surface area contributed by atoms with Gasteiger partial charge in [0.05, 0.1) is 0 Å². The van der Waals surface area contributed by atoms with Crippen LogP contribution in [0.5, 0.6) is 0 Å². The summed E-state index contributed by atoms with van der Waals surface area (Å²) in [6.07, 6.45) is 0. The summed E-state index contributed by atoms with van der Waals surface area (Å²) in [5, 5.41) is 1.08. The van der Waals surface area contributed by atoms with E-state index < -0.39 is 0 Å². The number of thiocarbonyl (C=S) groups is 1. The molecule has 0 heterocycles. The SMILES string of the molecule is O=C=S.[Ca+2].[H-].[H-]. The fraction of sp³-hybridized carbons (Fsp3) is 0. The van der Waals surface area contributed by atoms with E-state index in [4.69, 9.17) is 4.79 Å². The molecule has 0 rings (SSSR count). The van der Waals surface area contributed by atoms with Crippen LogP contribution in [0, 0.1) is 0 Å². The molecule has 0 N–H and O–H groups in total. The van der Waals surface area contributed by atoms with Gasteiger partial charge in [0.1, 0.15) is 0 Å². The van der Waals surface area contributed by atoms with Gasteiger partial charge in [-0.25, -0.2) is 4.79 Å². The molecule has 20 valence electrons. The average Bonchev–Trinajstić information content (AvgIpc) is 0.918. The molecule has 0 fully saturated rings. The molecule has 0 atom stereocenters. The molecule has 3 heteroatoms. The first kappa shape index (κ1) is 8.91. The Morgan fingerprint density at radius 3 is 2.00 bits per heavy atom. The predicted molar refractivity (Wildman–Crippen MR) is 21.3 cm³/mol. The van der Waals surface area contributed by atoms with Gasteiger partial charge in [0, 0.05) is 12.2 Å². The molecule has 0 unspecified atom stereocenters. The van der Waals surface area contributed by atoms with Crippen LogP contribution in [0.25, 0.3) is 0 Å². The average molecular weight is 102 g/mol. The molecule has 1 nitrogen and oxygen atoms in total. The molecule has 0 aliphatic rings. The molecule has 0 aliphatic heterocycles. The second-order valence-electron chi connectivity index (χ2n) is 0.0833. The van der Waals surface area contributed by atoms with Crippen LogP contribution in [-0.2, 0) is 4.79 Å². The molecular weight excluding hydrogens is 100 g/mol. The third kappa shape index (κ3) is 11.6. The van der Waals surface area contributed by atoms with E-state index in [9.17, 15) is 0 Å². The van der Waals surface area contributed by atoms with Crippen LogP contribution in [0.4, 0.5) is 0 Å². The Bertz CT molecular complexity index is 34.5. The summed E-state index contributed by atoms with van der Waals surface area (Å²) in [5.74, 6) is 0. The summed E-state index contributed by atoms with van der Waals surface area (Å²) < 4.78 is 0. The molecule has 0 amide bonds. The number of hydrogen-bond acceptors (Lipinski definition) is 2. The van der Waals surface area contributed by atoms with Crippen molar-refractivity contribution in [3.63, 3.8) is 0 Å². The molecule has 0 aromatic heterocycles. The van der Waals surface area contributed by atoms with Crippen LogP contribution in [0.15, 0.2) is 0 Å². The zero-order valence-corrected chi connectivity index (χ0v) is 5.05. The minimum absolute atomic E-state index is 0. The Morgan fingerprint density at radius 1 is 2.00 bits per heavy atom. The molecule has 0 radical (unpaired) electrons. The van der Waals surface area contributed by atoms with Crippen LogP contribution in [0.2, 0.25) is 0 Å². The zero-order valence-electron chi connectivity index (χ0n) is 4.02. The summed E-state index contributed by atoms with van der Waals surface area (Å²) >= 11 is 3.59. The Kier molecular flexibility index (Phi) is 19.9. The third-order valence-corrected chi connectivity index (χ3v) is 0. The molecule has 0 saturated heterocycles. The van der Waals surface area contributed by atoms with Gasteiger partial charge in [0.15, 0.2) is 0 Å². The first-order chi connectivity index (χ1) is 1.41. The van der Waals surface area contributed by atoms with Crippen LogP contribution in [0.3, 0.4) is 0 Å². The van der Waals surface area contributed by atoms with E-state index in [0.29, 0.717) is 0 Å². The standard InChI is InChI=1S/COS.Ca.2H/c2-1-3;;;/q;+2;2*-1. The molecule has 4 heavy (non-hydrogen) atoms. The van der Waals surface area contributed by atoms with Crippen LogP contribution in [0.1, 0.15) is 2.85 Å². The molecule has 0 aromatic carbocycles. The zero-order chi connectivity index (χ0) is 2.71. The monoisotopic (exact) mass is 102 g/mol. The Labute approximate surface area is 62.3 Å². The minimum Gasteiger partial charge on any atom is -1.00 e. The topological polar surface area (TPSA) is 17.1 Å². The fourth-order valence-electron chi connectivity index (χ4n) is 0. The van der Waals surface area contributed by atoms with E-state index in [1.54, 1.807) is 0 Å². The van der Waals surface area contributed by atoms with Crippen molar-refractivity contribution >= 4 is 55.2 Å². The molecule has 0 saturated carbocycles. The number of carbonyl (C=O) groups excluding carboxylic acids is 1. The van der Waals surface area contributed by atoms with Gasteiger partial charge < -0.3 is 2.85 Å². The van der Waals surface area contributed by atoms with Crippen molar-refractivity contribution in [2.45, 2.75) is 0 Å². The predicted octanol–water partition coefficient (Wildman–Crippen LogP) is 0.0953. The summed E-state index contributed by atoms with van der Waals surface area (Å²) in [5.41, 5.74) is 0. The largest absolute Gasteiger partial charge is 2.00 e. The Balaban J connectivity index is -0.00000000667. The maximum Gasteiger partial charge on any atom is 2.00 e. The van der Waals surface area contributed by atoms with Crippen molar-refractivity contribution in [3.05, 3.63) is 0 Å². The molecular formula is CH2CaOS. The quantitative estimate of drug-likeness (QED) is 0.318. The molecule has 0 spiro atoms. The van der Waals surface area contributed by atoms with Crippen LogP contribution < -0.4 is 0 Å². The van der Waals surface area contributed by atoms with E-state index >= 15 is 0 Å². The molecule has 0 aliphatic carbocycles. The van der Waals surface area contributed by atoms with Gasteiger partial charge in [-0.15, -0.1) is 0 Å². The van der Waals surface area contributed by atoms with E-state index in [0.717, 1.165) is 5.23 Å². The summed E-state index contributed by atoms with van der Waals surface area (Å²) in [4.78, 5) is 8.50. The Morgan fingerprint density at radius 2 is 2.00 bits per heavy atom. The van der Waals surface area contributed by atoms with Gasteiger partial charge in [0.2, 0.25) is 5.23 Å². The van der Waals surface area contributed by atoms with Gasteiger partial charge in [-0.1, -0.05) is 0 Å². The van der Waals surface area contributed by atoms with Gasteiger partial charge >= 0.3 is 37.7 Å². The van der Waals surface area contributed by atoms with Crippen molar-refractivity contribution in [1.29, 1.82) is 0 Å². The van der Waals surface area contributed by atoms with Crippen molar-refractivity contribution in [2.75, 3.05) is 0 Å². The van der Waals surface area contributed by atoms with Crippen molar-refractivity contribution in [3.8, 4) is 0 Å². The first-order valence-corrected chi connectivity index (χ1v) is 0.816. The van der Waals surface area contributed by atoms with Crippen molar-refractivity contribution < 1.29 is 7.65 Å². The van der Waals surface area contributed by atoms with Gasteiger partial charge in [-0.3, -0.25) is 0 Å². The second-order valence-corrected chi connectivity index (χ2v) is 0.250. The van der Waals surface area contributed by atoms with E-state index in [1.165, 1.54) is 0 Å². The Hall–Kier alpha value is 1.06. The van der Waals surface area contributed by atoms with Gasteiger partial charge in [0.25, 0.3) is 0 Å². The summed E-state index contributed by atoms with van der Waals surface area (Å²) in [6.45, 7) is 0. The minimum atomic E-state index is 0. The smallest absolute Gasteiger partial charge is 1.00 e. The maximum atomic E-state index is 8.50. The normalized spacial score (nSPS) is 2.00. The van der Waals surface area contributed by atoms with Gasteiger partial charge in [-0.05, 0) is 0 Å². The van der Waals surface area contributed by atoms with E-state index in [-0.39, 0.29) is 40.6 Å². The third-order valence-electron chi connectivity index (χ3n) is 0. The first-order valence-electron chi connectivity index (χ1n) is 0.408.